The van der Waals surface area contributed by atoms with E-state index in [2.05, 4.69) is 11.8 Å². The second-order valence-corrected chi connectivity index (χ2v) is 9.06. The van der Waals surface area contributed by atoms with Gasteiger partial charge in [0.25, 0.3) is 0 Å². The number of anilines is 1. The van der Waals surface area contributed by atoms with Crippen LogP contribution in [0.3, 0.4) is 0 Å². The first-order valence-corrected chi connectivity index (χ1v) is 11.4. The molecule has 2 N–H and O–H groups in total. The first-order chi connectivity index (χ1) is 14.3. The zero-order valence-corrected chi connectivity index (χ0v) is 17.6. The standard InChI is InChI=1S/C23H23FN2O3S/c1-3-26(2)20-8-5-9-21-22(20)18-11-10-15(14-30(25,27)28)12-19(18)23(29-21)16-6-4-7-17(24)13-16/h4-13,23H,3,14H2,1-2H3,(H2,25,27,28). The molecule has 156 valence electrons. The lowest BCUT2D eigenvalue weighted by Crippen LogP contribution is -2.21. The van der Waals surface area contributed by atoms with E-state index < -0.39 is 16.1 Å². The quantitative estimate of drug-likeness (QED) is 0.663. The van der Waals surface area contributed by atoms with Crippen molar-refractivity contribution in [2.75, 3.05) is 18.5 Å². The number of fused-ring (bicyclic) bond motifs is 3. The normalized spacial score (nSPS) is 15.1. The number of hydrogen-bond acceptors (Lipinski definition) is 4. The van der Waals surface area contributed by atoms with E-state index in [-0.39, 0.29) is 11.6 Å². The van der Waals surface area contributed by atoms with E-state index in [1.165, 1.54) is 12.1 Å². The van der Waals surface area contributed by atoms with Crippen molar-refractivity contribution < 1.29 is 17.5 Å². The van der Waals surface area contributed by atoms with E-state index in [9.17, 15) is 12.8 Å². The number of ether oxygens (including phenoxy) is 1. The molecule has 1 unspecified atom stereocenters. The van der Waals surface area contributed by atoms with E-state index in [1.54, 1.807) is 24.3 Å². The second kappa shape index (κ2) is 7.74. The van der Waals surface area contributed by atoms with Crippen LogP contribution < -0.4 is 14.8 Å². The van der Waals surface area contributed by atoms with Crippen molar-refractivity contribution in [2.45, 2.75) is 18.8 Å². The lowest BCUT2D eigenvalue weighted by molar-refractivity contribution is 0.243. The molecule has 0 amide bonds. The van der Waals surface area contributed by atoms with Gasteiger partial charge in [-0.2, -0.15) is 0 Å². The number of nitrogens with zero attached hydrogens (tertiary/aromatic N) is 1. The third-order valence-electron chi connectivity index (χ3n) is 5.32. The molecule has 3 aromatic carbocycles. The first kappa shape index (κ1) is 20.4. The molecule has 0 bridgehead atoms. The number of primary sulfonamides is 1. The fourth-order valence-corrected chi connectivity index (χ4v) is 4.51. The molecule has 5 nitrogen and oxygen atoms in total. The van der Waals surface area contributed by atoms with Crippen LogP contribution in [0.5, 0.6) is 5.75 Å². The topological polar surface area (TPSA) is 72.6 Å². The van der Waals surface area contributed by atoms with Crippen LogP contribution in [0.4, 0.5) is 10.1 Å². The molecule has 0 radical (unpaired) electrons. The Balaban J connectivity index is 1.94. The predicted molar refractivity (Wildman–Crippen MR) is 117 cm³/mol. The van der Waals surface area contributed by atoms with Gasteiger partial charge in [0.15, 0.2) is 0 Å². The Morgan fingerprint density at radius 2 is 1.87 bits per heavy atom. The highest BCUT2D eigenvalue weighted by molar-refractivity contribution is 7.88. The number of halogens is 1. The van der Waals surface area contributed by atoms with Crippen molar-refractivity contribution in [3.8, 4) is 16.9 Å². The maximum absolute atomic E-state index is 14.0. The molecule has 1 heterocycles. The van der Waals surface area contributed by atoms with Gasteiger partial charge in [0.05, 0.1) is 5.75 Å². The summed E-state index contributed by atoms with van der Waals surface area (Å²) < 4.78 is 43.6. The van der Waals surface area contributed by atoms with Crippen LogP contribution in [0.1, 0.15) is 29.7 Å². The number of benzene rings is 3. The maximum Gasteiger partial charge on any atom is 0.213 e. The molecule has 0 spiro atoms. The minimum atomic E-state index is -3.69. The van der Waals surface area contributed by atoms with Crippen molar-refractivity contribution >= 4 is 15.7 Å². The number of rotatable bonds is 5. The summed E-state index contributed by atoms with van der Waals surface area (Å²) in [6, 6.07) is 17.6. The lowest BCUT2D eigenvalue weighted by Gasteiger charge is -2.32. The highest BCUT2D eigenvalue weighted by Crippen LogP contribution is 2.49. The van der Waals surface area contributed by atoms with Crippen molar-refractivity contribution in [1.29, 1.82) is 0 Å². The van der Waals surface area contributed by atoms with Crippen LogP contribution in [0.15, 0.2) is 60.7 Å². The highest BCUT2D eigenvalue weighted by atomic mass is 32.2. The summed E-state index contributed by atoms with van der Waals surface area (Å²) in [5.74, 6) is 0.0665. The van der Waals surface area contributed by atoms with Crippen molar-refractivity contribution in [3.05, 3.63) is 83.2 Å². The Hall–Kier alpha value is -2.90. The molecular formula is C23H23FN2O3S. The highest BCUT2D eigenvalue weighted by Gasteiger charge is 2.30. The first-order valence-electron chi connectivity index (χ1n) is 9.66. The molecule has 0 saturated heterocycles. The van der Waals surface area contributed by atoms with Gasteiger partial charge in [-0.15, -0.1) is 0 Å². The van der Waals surface area contributed by atoms with Crippen molar-refractivity contribution in [2.24, 2.45) is 5.14 Å². The van der Waals surface area contributed by atoms with Crippen LogP contribution in [0, 0.1) is 5.82 Å². The van der Waals surface area contributed by atoms with Crippen molar-refractivity contribution in [1.82, 2.24) is 0 Å². The van der Waals surface area contributed by atoms with E-state index >= 15 is 0 Å². The fraction of sp³-hybridized carbons (Fsp3) is 0.217. The van der Waals surface area contributed by atoms with E-state index in [0.29, 0.717) is 16.9 Å². The summed E-state index contributed by atoms with van der Waals surface area (Å²) in [6.45, 7) is 2.87. The van der Waals surface area contributed by atoms with Crippen LogP contribution in [0.25, 0.3) is 11.1 Å². The summed E-state index contributed by atoms with van der Waals surface area (Å²) in [4.78, 5) is 2.12. The van der Waals surface area contributed by atoms with E-state index in [4.69, 9.17) is 9.88 Å². The molecule has 0 aromatic heterocycles. The Morgan fingerprint density at radius 3 is 2.57 bits per heavy atom. The third-order valence-corrected chi connectivity index (χ3v) is 6.06. The van der Waals surface area contributed by atoms with Gasteiger partial charge < -0.3 is 9.64 Å². The minimum Gasteiger partial charge on any atom is -0.480 e. The molecule has 4 rings (SSSR count). The van der Waals surface area contributed by atoms with E-state index in [1.807, 2.05) is 31.3 Å². The van der Waals surface area contributed by atoms with Gasteiger partial charge >= 0.3 is 0 Å². The third kappa shape index (κ3) is 3.91. The number of hydrogen-bond donors (Lipinski definition) is 1. The maximum atomic E-state index is 14.0. The molecular weight excluding hydrogens is 403 g/mol. The Morgan fingerprint density at radius 1 is 1.10 bits per heavy atom. The monoisotopic (exact) mass is 426 g/mol. The Kier molecular flexibility index (Phi) is 5.26. The summed E-state index contributed by atoms with van der Waals surface area (Å²) in [6.07, 6.45) is -0.564. The van der Waals surface area contributed by atoms with E-state index in [0.717, 1.165) is 28.9 Å². The summed E-state index contributed by atoms with van der Waals surface area (Å²) >= 11 is 0. The average molecular weight is 427 g/mol. The molecule has 7 heteroatoms. The van der Waals surface area contributed by atoms with Gasteiger partial charge in [-0.3, -0.25) is 0 Å². The summed E-state index contributed by atoms with van der Waals surface area (Å²) in [5.41, 5.74) is 4.88. The van der Waals surface area contributed by atoms with Crippen molar-refractivity contribution in [3.63, 3.8) is 0 Å². The molecule has 30 heavy (non-hydrogen) atoms. The van der Waals surface area contributed by atoms with Gasteiger partial charge in [0, 0.05) is 30.4 Å². The summed E-state index contributed by atoms with van der Waals surface area (Å²) in [7, 11) is -1.68. The minimum absolute atomic E-state index is 0.278. The van der Waals surface area contributed by atoms with Crippen LogP contribution in [-0.2, 0) is 15.8 Å². The largest absolute Gasteiger partial charge is 0.480 e. The number of sulfonamides is 1. The smallest absolute Gasteiger partial charge is 0.213 e. The van der Waals surface area contributed by atoms with Crippen LogP contribution >= 0.6 is 0 Å². The average Bonchev–Trinajstić information content (AvgIpc) is 2.70. The fourth-order valence-electron chi connectivity index (χ4n) is 3.86. The Labute approximate surface area is 176 Å². The number of nitrogens with two attached hydrogens (primary N) is 1. The molecule has 1 atom stereocenters. The van der Waals surface area contributed by atoms with Gasteiger partial charge in [-0.25, -0.2) is 17.9 Å². The predicted octanol–water partition coefficient (Wildman–Crippen LogP) is 4.22. The molecule has 0 fully saturated rings. The van der Waals surface area contributed by atoms with Gasteiger partial charge in [-0.1, -0.05) is 36.4 Å². The summed E-state index contributed by atoms with van der Waals surface area (Å²) in [5, 5.41) is 5.25. The molecule has 0 aliphatic carbocycles. The SMILES string of the molecule is CCN(C)c1cccc2c1-c1ccc(CS(N)(=O)=O)cc1C(c1cccc(F)c1)O2. The van der Waals surface area contributed by atoms with Gasteiger partial charge in [0.1, 0.15) is 17.7 Å². The van der Waals surface area contributed by atoms with Gasteiger partial charge in [0.2, 0.25) is 10.0 Å². The molecule has 1 aliphatic heterocycles. The Bertz CT molecular complexity index is 1210. The zero-order chi connectivity index (χ0) is 21.5. The van der Waals surface area contributed by atoms with Crippen LogP contribution in [-0.4, -0.2) is 22.0 Å². The lowest BCUT2D eigenvalue weighted by atomic mass is 9.87. The van der Waals surface area contributed by atoms with Crippen LogP contribution in [0.2, 0.25) is 0 Å². The van der Waals surface area contributed by atoms with Gasteiger partial charge in [-0.05, 0) is 47.9 Å². The molecule has 1 aliphatic rings. The zero-order valence-electron chi connectivity index (χ0n) is 16.8. The second-order valence-electron chi connectivity index (χ2n) is 7.45. The molecule has 0 saturated carbocycles. The molecule has 3 aromatic rings.